The molecule has 5 aliphatic rings. The van der Waals surface area contributed by atoms with Crippen LogP contribution in [0.5, 0.6) is 17.2 Å². The van der Waals surface area contributed by atoms with Crippen LogP contribution >= 0.6 is 0 Å². The van der Waals surface area contributed by atoms with Crippen LogP contribution in [-0.2, 0) is 40.3 Å². The number of morpholine rings is 1. The Morgan fingerprint density at radius 2 is 0.932 bits per heavy atom. The van der Waals surface area contributed by atoms with Gasteiger partial charge in [-0.15, -0.1) is 0 Å². The van der Waals surface area contributed by atoms with E-state index in [0.717, 1.165) is 116 Å². The van der Waals surface area contributed by atoms with E-state index in [4.69, 9.17) is 43.3 Å². The quantitative estimate of drug-likeness (QED) is 0.0543. The van der Waals surface area contributed by atoms with E-state index < -0.39 is 29.2 Å². The van der Waals surface area contributed by atoms with E-state index in [-0.39, 0.29) is 19.2 Å². The van der Waals surface area contributed by atoms with Gasteiger partial charge in [-0.2, -0.15) is 15.0 Å². The Balaban J connectivity index is 0.000000138. The monoisotopic (exact) mass is 1440 g/mol. The summed E-state index contributed by atoms with van der Waals surface area (Å²) >= 11 is 0. The number of aryl methyl sites for hydroxylation is 1. The molecule has 3 aromatic heterocycles. The number of hydrogen-bond acceptors (Lipinski definition) is 24. The predicted molar refractivity (Wildman–Crippen MR) is 405 cm³/mol. The third kappa shape index (κ3) is 18.8. The maximum Gasteiger partial charge on any atom is 0.231 e. The molecule has 1 saturated heterocycles. The number of carbonyl (C=O) groups is 1. The number of ether oxygens (including phenoxy) is 4. The SMILES string of the molecule is N=S1(=O)CCCCNc2nc(ncc2-c2ccc(CCCN3CCOCC3)cc2)Nc2cccc1c2.N=S1(=O)CCCCNc2nc(ncc2-c2ccc(OCC(=O)c3ccccc3)cc2)Nc2cccc1c2.N=S1(=O)CCCCNc2nc(ncc2-c2ccc3c(c2)OCO3)Nc2cccc1c2. The van der Waals surface area contributed by atoms with Crippen molar-refractivity contribution in [2.45, 2.75) is 66.1 Å². The number of carbonyl (C=O) groups excluding carboxylic acids is 1. The predicted octanol–water partition coefficient (Wildman–Crippen LogP) is 14.8. The zero-order chi connectivity index (χ0) is 71.0. The zero-order valence-electron chi connectivity index (χ0n) is 56.9. The number of ketones is 1. The molecule has 27 heteroatoms. The summed E-state index contributed by atoms with van der Waals surface area (Å²) in [7, 11) is -8.51. The lowest BCUT2D eigenvalue weighted by molar-refractivity contribution is 0.0374. The Labute approximate surface area is 600 Å². The number of aromatic nitrogens is 6. The van der Waals surface area contributed by atoms with Gasteiger partial charge in [0.05, 0.1) is 42.4 Å². The van der Waals surface area contributed by atoms with E-state index in [0.29, 0.717) is 129 Å². The highest BCUT2D eigenvalue weighted by atomic mass is 32.2. The number of Topliss-reactive ketones (excluding diaryl/α,β-unsaturated/α-hetero) is 1. The van der Waals surface area contributed by atoms with E-state index in [1.54, 1.807) is 73.1 Å². The summed E-state index contributed by atoms with van der Waals surface area (Å²) in [6.07, 6.45) is 12.0. The molecule has 10 aromatic rings. The van der Waals surface area contributed by atoms with Gasteiger partial charge in [-0.05, 0) is 159 Å². The minimum Gasteiger partial charge on any atom is -0.485 e. The number of hydrogen-bond donors (Lipinski definition) is 9. The number of rotatable bonds is 11. The van der Waals surface area contributed by atoms with Crippen LogP contribution in [0.15, 0.2) is 203 Å². The second-order valence-corrected chi connectivity index (χ2v) is 32.0. The van der Waals surface area contributed by atoms with Gasteiger partial charge in [-0.3, -0.25) is 9.69 Å². The van der Waals surface area contributed by atoms with Crippen molar-refractivity contribution in [3.05, 3.63) is 200 Å². The Bertz CT molecular complexity index is 4980. The molecule has 0 amide bonds. The number of anilines is 9. The van der Waals surface area contributed by atoms with E-state index in [2.05, 4.69) is 81.0 Å². The van der Waals surface area contributed by atoms with Gasteiger partial charge in [0, 0.05) is 123 Å². The molecule has 1 fully saturated rings. The van der Waals surface area contributed by atoms with Crippen LogP contribution in [-0.4, -0.2) is 136 Å². The minimum absolute atomic E-state index is 0.0362. The van der Waals surface area contributed by atoms with Gasteiger partial charge in [0.2, 0.25) is 24.6 Å². The fourth-order valence-corrected chi connectivity index (χ4v) is 16.6. The van der Waals surface area contributed by atoms with E-state index >= 15 is 0 Å². The molecule has 0 saturated carbocycles. The summed E-state index contributed by atoms with van der Waals surface area (Å²) in [6.45, 7) is 7.03. The molecule has 3 unspecified atom stereocenters. The Morgan fingerprint density at radius 1 is 0.485 bits per heavy atom. The summed E-state index contributed by atoms with van der Waals surface area (Å²) in [5.74, 6) is 6.37. The molecule has 3 atom stereocenters. The molecule has 24 nitrogen and oxygen atoms in total. The van der Waals surface area contributed by atoms with Crippen molar-refractivity contribution in [1.82, 2.24) is 34.8 Å². The highest BCUT2D eigenvalue weighted by Gasteiger charge is 2.22. The first-order chi connectivity index (χ1) is 50.1. The molecule has 8 heterocycles. The third-order valence-corrected chi connectivity index (χ3v) is 23.5. The first-order valence-corrected chi connectivity index (χ1v) is 39.7. The average molecular weight is 1440 g/mol. The number of fused-ring (bicyclic) bond motifs is 13. The van der Waals surface area contributed by atoms with Crippen molar-refractivity contribution in [1.29, 1.82) is 14.3 Å². The van der Waals surface area contributed by atoms with Gasteiger partial charge in [0.25, 0.3) is 0 Å². The molecular weight excluding hydrogens is 1360 g/mol. The highest BCUT2D eigenvalue weighted by Crippen LogP contribution is 2.39. The van der Waals surface area contributed by atoms with Crippen LogP contribution in [0.3, 0.4) is 0 Å². The van der Waals surface area contributed by atoms with Crippen molar-refractivity contribution >= 4 is 87.3 Å². The average Bonchev–Trinajstić information content (AvgIpc) is 1.80. The molecule has 7 aromatic carbocycles. The Hall–Kier alpha value is -10.6. The van der Waals surface area contributed by atoms with Crippen LogP contribution in [0.4, 0.5) is 52.4 Å². The van der Waals surface area contributed by atoms with Crippen molar-refractivity contribution < 1.29 is 36.4 Å². The molecule has 532 valence electrons. The molecule has 12 bridgehead atoms. The smallest absolute Gasteiger partial charge is 0.231 e. The third-order valence-electron chi connectivity index (χ3n) is 17.9. The number of nitrogens with one attached hydrogen (secondary N) is 9. The Kier molecular flexibility index (Phi) is 22.7. The van der Waals surface area contributed by atoms with Crippen molar-refractivity contribution in [3.8, 4) is 50.6 Å². The molecular formula is C76H82N16O8S3. The fourth-order valence-electron chi connectivity index (χ4n) is 12.2. The van der Waals surface area contributed by atoms with Gasteiger partial charge in [0.1, 0.15) is 23.2 Å². The van der Waals surface area contributed by atoms with Gasteiger partial charge in [0.15, 0.2) is 23.9 Å². The van der Waals surface area contributed by atoms with E-state index in [1.165, 1.54) is 5.56 Å². The lowest BCUT2D eigenvalue weighted by Gasteiger charge is -2.26. The van der Waals surface area contributed by atoms with Crippen LogP contribution in [0.25, 0.3) is 33.4 Å². The standard InChI is InChI=1S/C28H27N5O3S.C27H34N6O2S.C21H21N5O3S/c29-37(35)16-5-4-15-30-27-25(18-31-28(33-27)32-22-9-6-10-24(37)17-22)20-11-13-23(14-12-20)36-19-26(34)21-7-2-1-3-8-21;28-36(34)18-2-1-12-29-26-25(20-30-27(32-26)31-23-6-3-7-24(36)19-23)22-10-8-21(9-11-22)5-4-13-33-14-16-35-17-15-33;22-30(27)9-2-1-8-23-20-17(14-6-7-18-19(10-14)29-13-28-18)12-24-21(26-20)25-15-4-3-5-16(30)11-15/h1-3,6-14,17-18,29H,4-5,15-16,19H2,(H2,30,31,32,33);3,6-11,19-20,28H,1-2,4-5,12-18H2,(H2,29,30,31,32);3-7,10-12,22H,1-2,8-9,13H2,(H2,23,24,25,26). The van der Waals surface area contributed by atoms with Crippen LogP contribution in [0.2, 0.25) is 0 Å². The van der Waals surface area contributed by atoms with Gasteiger partial charge in [-0.1, -0.05) is 91.0 Å². The van der Waals surface area contributed by atoms with Gasteiger partial charge in [-0.25, -0.2) is 41.9 Å². The summed E-state index contributed by atoms with van der Waals surface area (Å²) in [5, 5.41) is 19.7. The van der Waals surface area contributed by atoms with Crippen molar-refractivity contribution in [2.75, 3.05) is 115 Å². The molecule has 0 spiro atoms. The molecule has 103 heavy (non-hydrogen) atoms. The summed E-state index contributed by atoms with van der Waals surface area (Å²) in [6, 6.07) is 52.4. The first-order valence-electron chi connectivity index (χ1n) is 34.5. The van der Waals surface area contributed by atoms with Crippen LogP contribution < -0.4 is 46.1 Å². The normalized spacial score (nSPS) is 19.3. The topological polar surface area (TPSA) is 330 Å². The molecule has 0 aliphatic carbocycles. The Morgan fingerprint density at radius 3 is 1.42 bits per heavy atom. The number of nitrogens with zero attached hydrogens (tertiary/aromatic N) is 7. The molecule has 15 rings (SSSR count). The maximum atomic E-state index is 12.9. The minimum atomic E-state index is -2.86. The van der Waals surface area contributed by atoms with Crippen LogP contribution in [0.1, 0.15) is 60.9 Å². The van der Waals surface area contributed by atoms with E-state index in [9.17, 15) is 17.4 Å². The zero-order valence-corrected chi connectivity index (χ0v) is 59.3. The lowest BCUT2D eigenvalue weighted by atomic mass is 10.0. The molecule has 5 aliphatic heterocycles. The summed E-state index contributed by atoms with van der Waals surface area (Å²) in [4.78, 5) is 44.0. The van der Waals surface area contributed by atoms with Gasteiger partial charge >= 0.3 is 0 Å². The van der Waals surface area contributed by atoms with Gasteiger partial charge < -0.3 is 50.8 Å². The van der Waals surface area contributed by atoms with E-state index in [1.807, 2.05) is 91.1 Å². The first kappa shape index (κ1) is 70.8. The lowest BCUT2D eigenvalue weighted by Crippen LogP contribution is -2.36. The summed E-state index contributed by atoms with van der Waals surface area (Å²) < 4.78 is 85.6. The van der Waals surface area contributed by atoms with Crippen LogP contribution in [0, 0.1) is 14.3 Å². The highest BCUT2D eigenvalue weighted by molar-refractivity contribution is 7.93. The fraction of sp³-hybridized carbons (Fsp3) is 0.276. The summed E-state index contributed by atoms with van der Waals surface area (Å²) in [5.41, 5.74) is 9.59. The van der Waals surface area contributed by atoms with Crippen molar-refractivity contribution in [3.63, 3.8) is 0 Å². The number of benzene rings is 7. The largest absolute Gasteiger partial charge is 0.485 e. The molecule has 0 radical (unpaired) electrons. The van der Waals surface area contributed by atoms with Crippen molar-refractivity contribution in [2.24, 2.45) is 0 Å². The maximum absolute atomic E-state index is 12.9. The second kappa shape index (κ2) is 33.0. The molecule has 9 N–H and O–H groups in total. The second-order valence-electron chi connectivity index (χ2n) is 25.3.